The molecular formula is C24H28N2O5S. The normalized spacial score (nSPS) is 13.3. The predicted molar refractivity (Wildman–Crippen MR) is 125 cm³/mol. The summed E-state index contributed by atoms with van der Waals surface area (Å²) in [4.78, 5) is 0. The van der Waals surface area contributed by atoms with Crippen molar-refractivity contribution in [3.63, 3.8) is 0 Å². The highest BCUT2D eigenvalue weighted by Crippen LogP contribution is 2.29. The van der Waals surface area contributed by atoms with Gasteiger partial charge in [-0.15, -0.1) is 0 Å². The van der Waals surface area contributed by atoms with Crippen molar-refractivity contribution in [1.29, 1.82) is 0 Å². The maximum Gasteiger partial charge on any atom is 0.214 e. The zero-order chi connectivity index (χ0) is 22.6. The molecule has 1 atom stereocenters. The van der Waals surface area contributed by atoms with Crippen molar-refractivity contribution < 1.29 is 22.7 Å². The average molecular weight is 457 g/mol. The van der Waals surface area contributed by atoms with Crippen molar-refractivity contribution >= 4 is 31.8 Å². The number of aliphatic hydroxyl groups excluding tert-OH is 1. The minimum Gasteiger partial charge on any atom is -0.468 e. The lowest BCUT2D eigenvalue weighted by Crippen LogP contribution is -2.40. The summed E-state index contributed by atoms with van der Waals surface area (Å²) in [7, 11) is -2.06. The van der Waals surface area contributed by atoms with Crippen LogP contribution in [-0.4, -0.2) is 54.5 Å². The van der Waals surface area contributed by atoms with E-state index in [9.17, 15) is 13.5 Å². The van der Waals surface area contributed by atoms with Crippen LogP contribution in [0.25, 0.3) is 21.8 Å². The van der Waals surface area contributed by atoms with Gasteiger partial charge in [0.2, 0.25) is 10.0 Å². The number of furan rings is 1. The summed E-state index contributed by atoms with van der Waals surface area (Å²) >= 11 is 0. The van der Waals surface area contributed by atoms with Crippen LogP contribution in [0.2, 0.25) is 0 Å². The molecule has 2 heterocycles. The number of hydrogen-bond donors (Lipinski definition) is 1. The fraction of sp³-hybridized carbons (Fsp3) is 0.333. The second kappa shape index (κ2) is 9.87. The number of ether oxygens (including phenoxy) is 1. The van der Waals surface area contributed by atoms with E-state index in [0.717, 1.165) is 21.8 Å². The van der Waals surface area contributed by atoms with E-state index in [4.69, 9.17) is 9.15 Å². The highest BCUT2D eigenvalue weighted by Gasteiger charge is 2.26. The Hall–Kier alpha value is -2.65. The molecule has 1 N–H and O–H groups in total. The summed E-state index contributed by atoms with van der Waals surface area (Å²) in [6.45, 7) is 0.678. The number of rotatable bonds is 11. The molecule has 8 heteroatoms. The summed E-state index contributed by atoms with van der Waals surface area (Å²) in [5.41, 5.74) is 2.02. The first-order chi connectivity index (χ1) is 15.5. The van der Waals surface area contributed by atoms with Gasteiger partial charge in [0.05, 0.1) is 31.2 Å². The van der Waals surface area contributed by atoms with Crippen molar-refractivity contribution in [3.05, 3.63) is 72.7 Å². The van der Waals surface area contributed by atoms with E-state index in [0.29, 0.717) is 18.8 Å². The zero-order valence-corrected chi connectivity index (χ0v) is 18.9. The molecule has 0 amide bonds. The molecule has 4 rings (SSSR count). The topological polar surface area (TPSA) is 84.9 Å². The molecule has 1 unspecified atom stereocenters. The predicted octanol–water partition coefficient (Wildman–Crippen LogP) is 3.62. The van der Waals surface area contributed by atoms with Crippen LogP contribution in [0.3, 0.4) is 0 Å². The number of benzene rings is 2. The molecule has 32 heavy (non-hydrogen) atoms. The molecule has 0 aliphatic rings. The Morgan fingerprint density at radius 1 is 1.03 bits per heavy atom. The van der Waals surface area contributed by atoms with Crippen molar-refractivity contribution in [1.82, 2.24) is 8.87 Å². The van der Waals surface area contributed by atoms with E-state index in [1.807, 2.05) is 36.4 Å². The first-order valence-corrected chi connectivity index (χ1v) is 12.2. The van der Waals surface area contributed by atoms with Gasteiger partial charge in [-0.25, -0.2) is 8.42 Å². The Morgan fingerprint density at radius 2 is 1.69 bits per heavy atom. The molecule has 170 valence electrons. The Kier molecular flexibility index (Phi) is 6.95. The molecule has 0 aliphatic carbocycles. The molecular weight excluding hydrogens is 428 g/mol. The highest BCUT2D eigenvalue weighted by atomic mass is 32.2. The number of aromatic nitrogens is 1. The van der Waals surface area contributed by atoms with Crippen LogP contribution >= 0.6 is 0 Å². The molecule has 0 radical (unpaired) electrons. The SMILES string of the molecule is COCCCS(=O)(=O)N(Cc1ccco1)CC(O)Cn1c2ccccc2c2ccccc21. The van der Waals surface area contributed by atoms with Gasteiger partial charge in [0.1, 0.15) is 5.76 Å². The Labute approximate surface area is 187 Å². The van der Waals surface area contributed by atoms with Crippen molar-refractivity contribution in [2.75, 3.05) is 26.0 Å². The fourth-order valence-electron chi connectivity index (χ4n) is 4.07. The van der Waals surface area contributed by atoms with Gasteiger partial charge in [-0.05, 0) is 30.7 Å². The smallest absolute Gasteiger partial charge is 0.214 e. The van der Waals surface area contributed by atoms with Crippen LogP contribution in [0.4, 0.5) is 0 Å². The molecule has 0 saturated carbocycles. The molecule has 2 aromatic carbocycles. The van der Waals surface area contributed by atoms with Crippen LogP contribution in [0.15, 0.2) is 71.3 Å². The van der Waals surface area contributed by atoms with Gasteiger partial charge in [0.15, 0.2) is 0 Å². The lowest BCUT2D eigenvalue weighted by molar-refractivity contribution is 0.126. The van der Waals surface area contributed by atoms with Gasteiger partial charge in [0, 0.05) is 42.1 Å². The van der Waals surface area contributed by atoms with Gasteiger partial charge in [0.25, 0.3) is 0 Å². The van der Waals surface area contributed by atoms with E-state index in [1.165, 1.54) is 10.6 Å². The maximum absolute atomic E-state index is 13.0. The van der Waals surface area contributed by atoms with Crippen LogP contribution < -0.4 is 0 Å². The minimum atomic E-state index is -3.61. The summed E-state index contributed by atoms with van der Waals surface area (Å²) in [6.07, 6.45) is 0.997. The van der Waals surface area contributed by atoms with E-state index < -0.39 is 16.1 Å². The summed E-state index contributed by atoms with van der Waals surface area (Å²) in [5.74, 6) is 0.480. The Morgan fingerprint density at radius 3 is 2.28 bits per heavy atom. The summed E-state index contributed by atoms with van der Waals surface area (Å²) in [6, 6.07) is 19.5. The molecule has 2 aromatic heterocycles. The van der Waals surface area contributed by atoms with Crippen molar-refractivity contribution in [2.45, 2.75) is 25.6 Å². The molecule has 4 aromatic rings. The van der Waals surface area contributed by atoms with Crippen molar-refractivity contribution in [2.24, 2.45) is 0 Å². The third kappa shape index (κ3) is 4.88. The second-order valence-electron chi connectivity index (χ2n) is 7.83. The average Bonchev–Trinajstić information content (AvgIpc) is 3.40. The number of sulfonamides is 1. The van der Waals surface area contributed by atoms with Gasteiger partial charge < -0.3 is 18.8 Å². The third-order valence-electron chi connectivity index (χ3n) is 5.54. The lowest BCUT2D eigenvalue weighted by Gasteiger charge is -2.24. The van der Waals surface area contributed by atoms with Gasteiger partial charge in [-0.1, -0.05) is 36.4 Å². The molecule has 0 fully saturated rings. The fourth-order valence-corrected chi connectivity index (χ4v) is 5.54. The number of para-hydroxylation sites is 2. The number of nitrogens with zero attached hydrogens (tertiary/aromatic N) is 2. The number of fused-ring (bicyclic) bond motifs is 3. The quantitative estimate of drug-likeness (QED) is 0.349. The second-order valence-corrected chi connectivity index (χ2v) is 9.92. The van der Waals surface area contributed by atoms with Crippen LogP contribution in [-0.2, 0) is 27.8 Å². The maximum atomic E-state index is 13.0. The van der Waals surface area contributed by atoms with E-state index in [1.54, 1.807) is 19.2 Å². The number of aliphatic hydroxyl groups is 1. The number of hydrogen-bond acceptors (Lipinski definition) is 5. The first-order valence-electron chi connectivity index (χ1n) is 10.6. The monoisotopic (exact) mass is 456 g/mol. The largest absolute Gasteiger partial charge is 0.468 e. The van der Waals surface area contributed by atoms with Crippen molar-refractivity contribution in [3.8, 4) is 0 Å². The zero-order valence-electron chi connectivity index (χ0n) is 18.1. The third-order valence-corrected chi connectivity index (χ3v) is 7.41. The molecule has 0 spiro atoms. The van der Waals surface area contributed by atoms with E-state index in [2.05, 4.69) is 16.7 Å². The Balaban J connectivity index is 1.59. The first kappa shape index (κ1) is 22.5. The van der Waals surface area contributed by atoms with Crippen LogP contribution in [0, 0.1) is 0 Å². The minimum absolute atomic E-state index is 0.0309. The summed E-state index contributed by atoms with van der Waals surface area (Å²) in [5, 5.41) is 13.2. The van der Waals surface area contributed by atoms with Crippen LogP contribution in [0.5, 0.6) is 0 Å². The van der Waals surface area contributed by atoms with Crippen LogP contribution in [0.1, 0.15) is 12.2 Å². The standard InChI is InChI=1S/C24H28N2O5S/c1-30-13-7-15-32(28,29)25(18-20-8-6-14-31-20)16-19(27)17-26-23-11-4-2-9-21(23)22-10-3-5-12-24(22)26/h2-6,8-12,14,19,27H,7,13,15-18H2,1H3. The highest BCUT2D eigenvalue weighted by molar-refractivity contribution is 7.89. The molecule has 0 saturated heterocycles. The van der Waals surface area contributed by atoms with Gasteiger partial charge in [-0.3, -0.25) is 0 Å². The molecule has 0 bridgehead atoms. The number of methoxy groups -OCH3 is 1. The van der Waals surface area contributed by atoms with E-state index in [-0.39, 0.29) is 25.4 Å². The van der Waals surface area contributed by atoms with E-state index >= 15 is 0 Å². The Bertz CT molecular complexity index is 1210. The molecule has 0 aliphatic heterocycles. The van der Waals surface area contributed by atoms with Gasteiger partial charge >= 0.3 is 0 Å². The molecule has 7 nitrogen and oxygen atoms in total. The van der Waals surface area contributed by atoms with Gasteiger partial charge in [-0.2, -0.15) is 4.31 Å². The lowest BCUT2D eigenvalue weighted by atomic mass is 10.2. The summed E-state index contributed by atoms with van der Waals surface area (Å²) < 4.78 is 39.7.